The van der Waals surface area contributed by atoms with E-state index in [4.69, 9.17) is 11.0 Å². The molecule has 1 aliphatic heterocycles. The predicted molar refractivity (Wildman–Crippen MR) is 73.3 cm³/mol. The molecular formula is C15H19N3. The van der Waals surface area contributed by atoms with Crippen molar-refractivity contribution in [3.8, 4) is 6.07 Å². The first-order valence-electron chi connectivity index (χ1n) is 6.86. The van der Waals surface area contributed by atoms with E-state index >= 15 is 0 Å². The first-order valence-corrected chi connectivity index (χ1v) is 6.86. The summed E-state index contributed by atoms with van der Waals surface area (Å²) < 4.78 is 0. The molecule has 94 valence electrons. The highest BCUT2D eigenvalue weighted by molar-refractivity contribution is 5.63. The minimum atomic E-state index is 0.584. The number of anilines is 2. The Labute approximate surface area is 108 Å². The minimum Gasteiger partial charge on any atom is -0.398 e. The summed E-state index contributed by atoms with van der Waals surface area (Å²) in [5.41, 5.74) is 8.16. The number of rotatable bonds is 1. The van der Waals surface area contributed by atoms with Crippen LogP contribution in [0, 0.1) is 17.2 Å². The molecular weight excluding hydrogens is 222 g/mol. The molecule has 0 amide bonds. The van der Waals surface area contributed by atoms with Gasteiger partial charge in [0.25, 0.3) is 0 Å². The van der Waals surface area contributed by atoms with Crippen LogP contribution in [0.1, 0.15) is 37.7 Å². The molecule has 3 rings (SSSR count). The quantitative estimate of drug-likeness (QED) is 0.769. The van der Waals surface area contributed by atoms with Gasteiger partial charge < -0.3 is 10.6 Å². The topological polar surface area (TPSA) is 53.0 Å². The molecule has 3 heteroatoms. The molecule has 2 N–H and O–H groups in total. The van der Waals surface area contributed by atoms with E-state index in [1.807, 2.05) is 12.1 Å². The highest BCUT2D eigenvalue weighted by Crippen LogP contribution is 2.39. The minimum absolute atomic E-state index is 0.584. The molecule has 2 atom stereocenters. The largest absolute Gasteiger partial charge is 0.398 e. The van der Waals surface area contributed by atoms with E-state index in [9.17, 15) is 0 Å². The molecule has 18 heavy (non-hydrogen) atoms. The summed E-state index contributed by atoms with van der Waals surface area (Å²) in [5, 5.41) is 9.08. The van der Waals surface area contributed by atoms with Crippen LogP contribution in [-0.4, -0.2) is 12.6 Å². The molecule has 2 aliphatic rings. The maximum absolute atomic E-state index is 9.08. The van der Waals surface area contributed by atoms with Crippen LogP contribution < -0.4 is 10.6 Å². The third kappa shape index (κ3) is 1.82. The number of hydrogen-bond donors (Lipinski definition) is 1. The lowest BCUT2D eigenvalue weighted by molar-refractivity contribution is 0.362. The van der Waals surface area contributed by atoms with E-state index in [2.05, 4.69) is 17.0 Å². The third-order valence-electron chi connectivity index (χ3n) is 4.48. The van der Waals surface area contributed by atoms with E-state index < -0.39 is 0 Å². The van der Waals surface area contributed by atoms with Gasteiger partial charge in [0.15, 0.2) is 0 Å². The van der Waals surface area contributed by atoms with Gasteiger partial charge in [-0.05, 0) is 49.8 Å². The Morgan fingerprint density at radius 2 is 2.06 bits per heavy atom. The molecule has 0 aromatic heterocycles. The molecule has 1 heterocycles. The average Bonchev–Trinajstić information content (AvgIpc) is 2.87. The van der Waals surface area contributed by atoms with Gasteiger partial charge in [-0.15, -0.1) is 0 Å². The number of nitrogen functional groups attached to an aromatic ring is 1. The van der Waals surface area contributed by atoms with Crippen LogP contribution in [0.25, 0.3) is 0 Å². The second-order valence-electron chi connectivity index (χ2n) is 5.48. The van der Waals surface area contributed by atoms with Crippen molar-refractivity contribution in [2.24, 2.45) is 5.92 Å². The maximum Gasteiger partial charge on any atom is 0.101 e. The Kier molecular flexibility index (Phi) is 2.87. The van der Waals surface area contributed by atoms with Gasteiger partial charge in [-0.25, -0.2) is 0 Å². The van der Waals surface area contributed by atoms with Gasteiger partial charge in [0.1, 0.15) is 6.07 Å². The van der Waals surface area contributed by atoms with Gasteiger partial charge in [0, 0.05) is 24.0 Å². The smallest absolute Gasteiger partial charge is 0.101 e. The number of nitriles is 1. The highest BCUT2D eigenvalue weighted by Gasteiger charge is 2.35. The van der Waals surface area contributed by atoms with Crippen LogP contribution in [0.4, 0.5) is 11.4 Å². The van der Waals surface area contributed by atoms with Crippen molar-refractivity contribution in [3.05, 3.63) is 23.8 Å². The zero-order chi connectivity index (χ0) is 12.5. The molecule has 0 radical (unpaired) electrons. The van der Waals surface area contributed by atoms with Crippen LogP contribution in [0.3, 0.4) is 0 Å². The summed E-state index contributed by atoms with van der Waals surface area (Å²) in [6.07, 6.45) is 6.68. The fraction of sp³-hybridized carbons (Fsp3) is 0.533. The van der Waals surface area contributed by atoms with Crippen LogP contribution in [0.15, 0.2) is 18.2 Å². The van der Waals surface area contributed by atoms with Gasteiger partial charge in [0.2, 0.25) is 0 Å². The molecule has 2 unspecified atom stereocenters. The Morgan fingerprint density at radius 3 is 2.89 bits per heavy atom. The number of fused-ring (bicyclic) bond motifs is 1. The first-order chi connectivity index (χ1) is 8.79. The zero-order valence-electron chi connectivity index (χ0n) is 10.6. The van der Waals surface area contributed by atoms with Crippen molar-refractivity contribution in [1.29, 1.82) is 5.26 Å². The number of nitrogens with zero attached hydrogens (tertiary/aromatic N) is 2. The van der Waals surface area contributed by atoms with Crippen molar-refractivity contribution in [2.45, 2.75) is 38.1 Å². The second kappa shape index (κ2) is 4.53. The third-order valence-corrected chi connectivity index (χ3v) is 4.48. The van der Waals surface area contributed by atoms with Crippen LogP contribution in [0.2, 0.25) is 0 Å². The fourth-order valence-corrected chi connectivity index (χ4v) is 3.59. The number of piperidine rings is 1. The summed E-state index contributed by atoms with van der Waals surface area (Å²) in [5.74, 6) is 0.863. The SMILES string of the molecule is N#Cc1cc(N2CCCC3CCCC32)ccc1N. The second-order valence-corrected chi connectivity index (χ2v) is 5.48. The lowest BCUT2D eigenvalue weighted by Crippen LogP contribution is -2.42. The van der Waals surface area contributed by atoms with E-state index in [0.29, 0.717) is 17.3 Å². The molecule has 3 nitrogen and oxygen atoms in total. The molecule has 1 saturated heterocycles. The first kappa shape index (κ1) is 11.4. The van der Waals surface area contributed by atoms with Gasteiger partial charge in [-0.3, -0.25) is 0 Å². The number of hydrogen-bond acceptors (Lipinski definition) is 3. The predicted octanol–water partition coefficient (Wildman–Crippen LogP) is 2.91. The van der Waals surface area contributed by atoms with Gasteiger partial charge in [0.05, 0.1) is 5.56 Å². The molecule has 0 spiro atoms. The van der Waals surface area contributed by atoms with Crippen LogP contribution in [-0.2, 0) is 0 Å². The average molecular weight is 241 g/mol. The van der Waals surface area contributed by atoms with Gasteiger partial charge in [-0.2, -0.15) is 5.26 Å². The van der Waals surface area contributed by atoms with Gasteiger partial charge in [-0.1, -0.05) is 6.42 Å². The standard InChI is InChI=1S/C15H19N3/c16-10-12-9-13(6-7-14(12)17)18-8-2-4-11-3-1-5-15(11)18/h6-7,9,11,15H,1-5,8,17H2. The van der Waals surface area contributed by atoms with Crippen molar-refractivity contribution in [2.75, 3.05) is 17.2 Å². The summed E-state index contributed by atoms with van der Waals surface area (Å²) in [7, 11) is 0. The number of benzene rings is 1. The van der Waals surface area contributed by atoms with E-state index in [1.165, 1.54) is 37.8 Å². The number of nitrogens with two attached hydrogens (primary N) is 1. The lowest BCUT2D eigenvalue weighted by Gasteiger charge is -2.39. The summed E-state index contributed by atoms with van der Waals surface area (Å²) in [6.45, 7) is 1.12. The Bertz CT molecular complexity index is 489. The molecule has 2 fully saturated rings. The molecule has 1 aromatic carbocycles. The van der Waals surface area contributed by atoms with Crippen molar-refractivity contribution >= 4 is 11.4 Å². The Balaban J connectivity index is 1.92. The van der Waals surface area contributed by atoms with Crippen molar-refractivity contribution in [1.82, 2.24) is 0 Å². The van der Waals surface area contributed by atoms with E-state index in [0.717, 1.165) is 12.5 Å². The monoisotopic (exact) mass is 241 g/mol. The van der Waals surface area contributed by atoms with Crippen LogP contribution in [0.5, 0.6) is 0 Å². The van der Waals surface area contributed by atoms with E-state index in [1.54, 1.807) is 0 Å². The Hall–Kier alpha value is -1.69. The molecule has 0 bridgehead atoms. The Morgan fingerprint density at radius 1 is 1.22 bits per heavy atom. The summed E-state index contributed by atoms with van der Waals surface area (Å²) in [4.78, 5) is 2.50. The van der Waals surface area contributed by atoms with Gasteiger partial charge >= 0.3 is 0 Å². The van der Waals surface area contributed by atoms with Crippen LogP contribution >= 0.6 is 0 Å². The fourth-order valence-electron chi connectivity index (χ4n) is 3.59. The zero-order valence-corrected chi connectivity index (χ0v) is 10.6. The molecule has 1 saturated carbocycles. The summed E-state index contributed by atoms with van der Waals surface area (Å²) in [6, 6.07) is 8.76. The normalized spacial score (nSPS) is 26.7. The lowest BCUT2D eigenvalue weighted by atomic mass is 9.91. The van der Waals surface area contributed by atoms with E-state index in [-0.39, 0.29) is 0 Å². The molecule has 1 aromatic rings. The molecule has 1 aliphatic carbocycles. The highest BCUT2D eigenvalue weighted by atomic mass is 15.2. The maximum atomic E-state index is 9.08. The summed E-state index contributed by atoms with van der Waals surface area (Å²) >= 11 is 0. The van der Waals surface area contributed by atoms with Crippen molar-refractivity contribution < 1.29 is 0 Å². The van der Waals surface area contributed by atoms with Crippen molar-refractivity contribution in [3.63, 3.8) is 0 Å².